The molecule has 1 aromatic rings. The van der Waals surface area contributed by atoms with Gasteiger partial charge in [-0.1, -0.05) is 31.2 Å². The molecule has 0 radical (unpaired) electrons. The summed E-state index contributed by atoms with van der Waals surface area (Å²) in [5, 5.41) is 8.64. The van der Waals surface area contributed by atoms with Crippen molar-refractivity contribution in [3.8, 4) is 6.07 Å². The van der Waals surface area contributed by atoms with Crippen molar-refractivity contribution in [3.05, 3.63) is 35.4 Å². The topological polar surface area (TPSA) is 27.0 Å². The first kappa shape index (κ1) is 12.7. The van der Waals surface area contributed by atoms with Gasteiger partial charge in [-0.05, 0) is 31.5 Å². The first-order chi connectivity index (χ1) is 7.67. The second-order valence-corrected chi connectivity index (χ2v) is 4.30. The van der Waals surface area contributed by atoms with E-state index in [1.165, 1.54) is 11.1 Å². The van der Waals surface area contributed by atoms with E-state index in [1.807, 2.05) is 0 Å². The number of hydrogen-bond acceptors (Lipinski definition) is 2. The molecule has 0 spiro atoms. The fraction of sp³-hybridized carbons (Fsp3) is 0.500. The lowest BCUT2D eigenvalue weighted by atomic mass is 10.1. The van der Waals surface area contributed by atoms with E-state index in [4.69, 9.17) is 5.26 Å². The zero-order valence-electron chi connectivity index (χ0n) is 10.4. The Balaban J connectivity index is 2.56. The lowest BCUT2D eigenvalue weighted by molar-refractivity contribution is 0.252. The van der Waals surface area contributed by atoms with Gasteiger partial charge in [-0.3, -0.25) is 4.90 Å². The quantitative estimate of drug-likeness (QED) is 0.756. The second kappa shape index (κ2) is 6.30. The number of benzene rings is 1. The van der Waals surface area contributed by atoms with E-state index in [0.29, 0.717) is 12.5 Å². The molecular weight excluding hydrogens is 196 g/mol. The number of rotatable bonds is 5. The van der Waals surface area contributed by atoms with Gasteiger partial charge < -0.3 is 0 Å². The lowest BCUT2D eigenvalue weighted by Crippen LogP contribution is -2.28. The third-order valence-electron chi connectivity index (χ3n) is 3.00. The maximum atomic E-state index is 8.64. The zero-order chi connectivity index (χ0) is 12.0. The van der Waals surface area contributed by atoms with Crippen LogP contribution in [-0.4, -0.2) is 18.0 Å². The van der Waals surface area contributed by atoms with Gasteiger partial charge in [0.25, 0.3) is 0 Å². The maximum absolute atomic E-state index is 8.64. The molecule has 1 rings (SSSR count). The average Bonchev–Trinajstić information content (AvgIpc) is 2.30. The second-order valence-electron chi connectivity index (χ2n) is 4.30. The van der Waals surface area contributed by atoms with Crippen molar-refractivity contribution in [1.29, 1.82) is 5.26 Å². The molecule has 0 amide bonds. The van der Waals surface area contributed by atoms with Gasteiger partial charge in [0, 0.05) is 12.6 Å². The van der Waals surface area contributed by atoms with Crippen molar-refractivity contribution in [1.82, 2.24) is 4.90 Å². The monoisotopic (exact) mass is 216 g/mol. The molecule has 1 aromatic carbocycles. The Morgan fingerprint density at radius 3 is 2.31 bits per heavy atom. The molecule has 0 fully saturated rings. The summed E-state index contributed by atoms with van der Waals surface area (Å²) < 4.78 is 0. The van der Waals surface area contributed by atoms with E-state index in [-0.39, 0.29) is 0 Å². The van der Waals surface area contributed by atoms with Crippen molar-refractivity contribution >= 4 is 0 Å². The molecule has 0 N–H and O–H groups in total. The minimum absolute atomic E-state index is 0.316. The fourth-order valence-electron chi connectivity index (χ4n) is 1.61. The van der Waals surface area contributed by atoms with Crippen LogP contribution in [0.2, 0.25) is 0 Å². The van der Waals surface area contributed by atoms with Gasteiger partial charge in [0.1, 0.15) is 0 Å². The SMILES string of the molecule is CCc1ccc(CN(C)C(C)CC#N)cc1. The van der Waals surface area contributed by atoms with Crippen LogP contribution in [0, 0.1) is 11.3 Å². The number of aryl methyl sites for hydroxylation is 1. The standard InChI is InChI=1S/C14H20N2/c1-4-13-5-7-14(8-6-13)11-16(3)12(2)9-10-15/h5-8,12H,4,9,11H2,1-3H3. The molecule has 86 valence electrons. The molecule has 0 saturated heterocycles. The van der Waals surface area contributed by atoms with Crippen LogP contribution in [0.3, 0.4) is 0 Å². The summed E-state index contributed by atoms with van der Waals surface area (Å²) in [5.41, 5.74) is 2.68. The maximum Gasteiger partial charge on any atom is 0.0638 e. The van der Waals surface area contributed by atoms with Crippen LogP contribution in [0.4, 0.5) is 0 Å². The molecule has 1 atom stereocenters. The Morgan fingerprint density at radius 2 is 1.81 bits per heavy atom. The van der Waals surface area contributed by atoms with Gasteiger partial charge >= 0.3 is 0 Å². The molecule has 0 heterocycles. The van der Waals surface area contributed by atoms with Crippen LogP contribution in [0.15, 0.2) is 24.3 Å². The van der Waals surface area contributed by atoms with Gasteiger partial charge in [-0.2, -0.15) is 5.26 Å². The molecule has 0 saturated carbocycles. The number of nitriles is 1. The van der Waals surface area contributed by atoms with Crippen molar-refractivity contribution in [2.24, 2.45) is 0 Å². The molecule has 0 aromatic heterocycles. The van der Waals surface area contributed by atoms with E-state index < -0.39 is 0 Å². The minimum Gasteiger partial charge on any atom is -0.298 e. The predicted molar refractivity (Wildman–Crippen MR) is 67.0 cm³/mol. The first-order valence-corrected chi connectivity index (χ1v) is 5.82. The van der Waals surface area contributed by atoms with E-state index in [1.54, 1.807) is 0 Å². The van der Waals surface area contributed by atoms with Crippen LogP contribution in [0.1, 0.15) is 31.4 Å². The third-order valence-corrected chi connectivity index (χ3v) is 3.00. The first-order valence-electron chi connectivity index (χ1n) is 5.82. The average molecular weight is 216 g/mol. The van der Waals surface area contributed by atoms with Gasteiger partial charge in [0.15, 0.2) is 0 Å². The summed E-state index contributed by atoms with van der Waals surface area (Å²) in [5.74, 6) is 0. The number of nitrogens with zero attached hydrogens (tertiary/aromatic N) is 2. The summed E-state index contributed by atoms with van der Waals surface area (Å²) in [6.45, 7) is 5.16. The van der Waals surface area contributed by atoms with Crippen molar-refractivity contribution < 1.29 is 0 Å². The summed E-state index contributed by atoms with van der Waals surface area (Å²) in [6, 6.07) is 11.2. The third kappa shape index (κ3) is 3.67. The molecular formula is C14H20N2. The molecule has 16 heavy (non-hydrogen) atoms. The van der Waals surface area contributed by atoms with Crippen molar-refractivity contribution in [2.45, 2.75) is 39.3 Å². The van der Waals surface area contributed by atoms with Crippen molar-refractivity contribution in [3.63, 3.8) is 0 Å². The Bertz CT molecular complexity index is 348. The highest BCUT2D eigenvalue weighted by molar-refractivity contribution is 5.22. The highest BCUT2D eigenvalue weighted by Crippen LogP contribution is 2.10. The fourth-order valence-corrected chi connectivity index (χ4v) is 1.61. The van der Waals surface area contributed by atoms with Crippen LogP contribution in [-0.2, 0) is 13.0 Å². The molecule has 2 nitrogen and oxygen atoms in total. The van der Waals surface area contributed by atoms with E-state index in [0.717, 1.165) is 13.0 Å². The minimum atomic E-state index is 0.316. The van der Waals surface area contributed by atoms with E-state index in [2.05, 4.69) is 56.1 Å². The summed E-state index contributed by atoms with van der Waals surface area (Å²) in [6.07, 6.45) is 1.67. The van der Waals surface area contributed by atoms with Gasteiger partial charge in [0.2, 0.25) is 0 Å². The van der Waals surface area contributed by atoms with Gasteiger partial charge in [-0.25, -0.2) is 0 Å². The molecule has 0 aliphatic rings. The smallest absolute Gasteiger partial charge is 0.0638 e. The van der Waals surface area contributed by atoms with Crippen molar-refractivity contribution in [2.75, 3.05) is 7.05 Å². The van der Waals surface area contributed by atoms with Gasteiger partial charge in [-0.15, -0.1) is 0 Å². The van der Waals surface area contributed by atoms with Crippen LogP contribution < -0.4 is 0 Å². The summed E-state index contributed by atoms with van der Waals surface area (Å²) in [7, 11) is 2.07. The normalized spacial score (nSPS) is 12.4. The predicted octanol–water partition coefficient (Wildman–Crippen LogP) is 2.98. The van der Waals surface area contributed by atoms with Gasteiger partial charge in [0.05, 0.1) is 12.5 Å². The Labute approximate surface area is 98.5 Å². The number of hydrogen-bond donors (Lipinski definition) is 0. The summed E-state index contributed by atoms with van der Waals surface area (Å²) >= 11 is 0. The lowest BCUT2D eigenvalue weighted by Gasteiger charge is -2.22. The molecule has 0 aliphatic carbocycles. The highest BCUT2D eigenvalue weighted by atomic mass is 15.1. The Morgan fingerprint density at radius 1 is 1.25 bits per heavy atom. The van der Waals surface area contributed by atoms with E-state index in [9.17, 15) is 0 Å². The highest BCUT2D eigenvalue weighted by Gasteiger charge is 2.08. The Kier molecular flexibility index (Phi) is 5.01. The zero-order valence-corrected chi connectivity index (χ0v) is 10.4. The van der Waals surface area contributed by atoms with Crippen LogP contribution in [0.5, 0.6) is 0 Å². The largest absolute Gasteiger partial charge is 0.298 e. The molecule has 0 aliphatic heterocycles. The molecule has 0 bridgehead atoms. The summed E-state index contributed by atoms with van der Waals surface area (Å²) in [4.78, 5) is 2.21. The molecule has 1 unspecified atom stereocenters. The Hall–Kier alpha value is -1.33. The van der Waals surface area contributed by atoms with E-state index >= 15 is 0 Å². The van der Waals surface area contributed by atoms with Crippen LogP contribution in [0.25, 0.3) is 0 Å². The molecule has 2 heteroatoms. The van der Waals surface area contributed by atoms with Crippen LogP contribution >= 0.6 is 0 Å².